The molecule has 8 aromatic carbocycles. The highest BCUT2D eigenvalue weighted by atomic mass is 32.1. The first-order chi connectivity index (χ1) is 28.2. The quantitative estimate of drug-likeness (QED) is 0.175. The van der Waals surface area contributed by atoms with Gasteiger partial charge in [-0.25, -0.2) is 15.0 Å². The molecule has 6 heteroatoms. The molecule has 0 fully saturated rings. The smallest absolute Gasteiger partial charge is 0.164 e. The minimum absolute atomic E-state index is 0.635. The van der Waals surface area contributed by atoms with Crippen molar-refractivity contribution < 1.29 is 0 Å². The van der Waals surface area contributed by atoms with Gasteiger partial charge in [0.2, 0.25) is 0 Å². The summed E-state index contributed by atoms with van der Waals surface area (Å²) in [7, 11) is 0. The van der Waals surface area contributed by atoms with Crippen LogP contribution in [0.1, 0.15) is 0 Å². The van der Waals surface area contributed by atoms with Crippen molar-refractivity contribution in [2.75, 3.05) is 0 Å². The van der Waals surface area contributed by atoms with Gasteiger partial charge in [0.05, 0.1) is 11.0 Å². The molecule has 57 heavy (non-hydrogen) atoms. The summed E-state index contributed by atoms with van der Waals surface area (Å²) in [5.74, 6) is 1.94. The van der Waals surface area contributed by atoms with Gasteiger partial charge < -0.3 is 4.57 Å². The predicted molar refractivity (Wildman–Crippen MR) is 242 cm³/mol. The number of para-hydroxylation sites is 1. The molecule has 0 aliphatic heterocycles. The van der Waals surface area contributed by atoms with Gasteiger partial charge in [0.15, 0.2) is 17.5 Å². The van der Waals surface area contributed by atoms with Gasteiger partial charge in [-0.15, -0.1) is 22.7 Å². The molecule has 0 aliphatic rings. The van der Waals surface area contributed by atoms with Gasteiger partial charge in [-0.1, -0.05) is 115 Å². The van der Waals surface area contributed by atoms with Crippen molar-refractivity contribution in [3.8, 4) is 51.0 Å². The Balaban J connectivity index is 1.04. The second kappa shape index (κ2) is 12.8. The third-order valence-electron chi connectivity index (χ3n) is 11.0. The van der Waals surface area contributed by atoms with Gasteiger partial charge in [-0.05, 0) is 77.9 Å². The summed E-state index contributed by atoms with van der Waals surface area (Å²) in [6.07, 6.45) is 0. The van der Waals surface area contributed by atoms with Crippen LogP contribution in [0.2, 0.25) is 0 Å². The van der Waals surface area contributed by atoms with Gasteiger partial charge in [0, 0.05) is 73.5 Å². The Morgan fingerprint density at radius 2 is 0.825 bits per heavy atom. The largest absolute Gasteiger partial charge is 0.309 e. The van der Waals surface area contributed by atoms with Crippen molar-refractivity contribution in [3.63, 3.8) is 0 Å². The first kappa shape index (κ1) is 32.3. The van der Waals surface area contributed by atoms with Crippen molar-refractivity contribution in [1.82, 2.24) is 19.5 Å². The molecule has 0 saturated carbocycles. The van der Waals surface area contributed by atoms with E-state index >= 15 is 0 Å². The van der Waals surface area contributed by atoms with E-state index in [2.05, 4.69) is 187 Å². The van der Waals surface area contributed by atoms with Crippen LogP contribution in [0.3, 0.4) is 0 Å². The number of rotatable bonds is 5. The molecule has 12 rings (SSSR count). The maximum atomic E-state index is 5.23. The van der Waals surface area contributed by atoms with Crippen LogP contribution < -0.4 is 0 Å². The topological polar surface area (TPSA) is 43.6 Å². The second-order valence-corrected chi connectivity index (χ2v) is 16.6. The van der Waals surface area contributed by atoms with Crippen molar-refractivity contribution in [2.45, 2.75) is 0 Å². The summed E-state index contributed by atoms with van der Waals surface area (Å²) in [5, 5.41) is 7.42. The van der Waals surface area contributed by atoms with Gasteiger partial charge in [0.1, 0.15) is 0 Å². The zero-order chi connectivity index (χ0) is 37.5. The Morgan fingerprint density at radius 1 is 0.298 bits per heavy atom. The van der Waals surface area contributed by atoms with Gasteiger partial charge in [-0.2, -0.15) is 0 Å². The lowest BCUT2D eigenvalue weighted by Crippen LogP contribution is -2.01. The lowest BCUT2D eigenvalue weighted by molar-refractivity contribution is 1.07. The SMILES string of the molecule is c1ccc(-c2ccc3c(c2)c2ccccc2n3-c2cccc(-c3nc(-c4ccc5c(c4)sc4ccccc45)nc(-c4ccc5sc6ccccc6c5c4)n3)c2)cc1. The highest BCUT2D eigenvalue weighted by Gasteiger charge is 2.18. The van der Waals surface area contributed by atoms with Crippen LogP contribution in [-0.4, -0.2) is 19.5 Å². The maximum absolute atomic E-state index is 5.23. The summed E-state index contributed by atoms with van der Waals surface area (Å²) in [5.41, 5.74) is 8.62. The van der Waals surface area contributed by atoms with Crippen LogP contribution in [0.15, 0.2) is 182 Å². The van der Waals surface area contributed by atoms with Gasteiger partial charge >= 0.3 is 0 Å². The molecule has 0 amide bonds. The fourth-order valence-electron chi connectivity index (χ4n) is 8.34. The molecule has 0 aliphatic carbocycles. The van der Waals surface area contributed by atoms with Crippen LogP contribution >= 0.6 is 22.7 Å². The van der Waals surface area contributed by atoms with Gasteiger partial charge in [0.25, 0.3) is 0 Å². The first-order valence-electron chi connectivity index (χ1n) is 19.0. The van der Waals surface area contributed by atoms with Crippen molar-refractivity contribution in [3.05, 3.63) is 182 Å². The van der Waals surface area contributed by atoms with E-state index in [4.69, 9.17) is 15.0 Å². The van der Waals surface area contributed by atoms with Crippen molar-refractivity contribution in [1.29, 1.82) is 0 Å². The fraction of sp³-hybridized carbons (Fsp3) is 0. The Hall–Kier alpha value is -6.99. The first-order valence-corrected chi connectivity index (χ1v) is 20.6. The molecule has 4 heterocycles. The van der Waals surface area contributed by atoms with E-state index in [0.29, 0.717) is 17.5 Å². The molecule has 0 saturated heterocycles. The van der Waals surface area contributed by atoms with Crippen molar-refractivity contribution >= 4 is 84.8 Å². The summed E-state index contributed by atoms with van der Waals surface area (Å²) < 4.78 is 7.37. The average Bonchev–Trinajstić information content (AvgIpc) is 3.95. The molecule has 266 valence electrons. The molecular formula is C51H30N4S2. The Kier molecular flexibility index (Phi) is 7.24. The number of hydrogen-bond donors (Lipinski definition) is 0. The normalized spacial score (nSPS) is 11.9. The third kappa shape index (κ3) is 5.30. The third-order valence-corrected chi connectivity index (χ3v) is 13.3. The lowest BCUT2D eigenvalue weighted by Gasteiger charge is -2.12. The highest BCUT2D eigenvalue weighted by Crippen LogP contribution is 2.39. The molecule has 4 nitrogen and oxygen atoms in total. The summed E-state index contributed by atoms with van der Waals surface area (Å²) >= 11 is 3.62. The van der Waals surface area contributed by atoms with Crippen LogP contribution in [0.25, 0.3) is 113 Å². The Bertz CT molecular complexity index is 3540. The summed E-state index contributed by atoms with van der Waals surface area (Å²) in [6, 6.07) is 65.0. The zero-order valence-corrected chi connectivity index (χ0v) is 32.1. The molecule has 0 radical (unpaired) electrons. The Labute approximate surface area is 335 Å². The standard InChI is InChI=1S/C51H30N4S2/c1-2-11-31(12-3-1)32-22-25-44-41(28-32)37-15-4-7-18-43(37)55(44)36-14-10-13-33(27-36)49-52-50(34-23-26-47-42(29-34)39-17-6-9-20-46(39)56-47)54-51(53-49)35-21-24-40-38-16-5-8-19-45(38)57-48(40)30-35/h1-30H. The van der Waals surface area contributed by atoms with E-state index < -0.39 is 0 Å². The second-order valence-electron chi connectivity index (χ2n) is 14.4. The number of benzene rings is 8. The maximum Gasteiger partial charge on any atom is 0.164 e. The molecule has 0 N–H and O–H groups in total. The number of nitrogens with zero attached hydrogens (tertiary/aromatic N) is 4. The number of fused-ring (bicyclic) bond motifs is 9. The van der Waals surface area contributed by atoms with Crippen LogP contribution in [-0.2, 0) is 0 Å². The molecule has 12 aromatic rings. The van der Waals surface area contributed by atoms with E-state index in [1.165, 1.54) is 62.2 Å². The van der Waals surface area contributed by atoms with Crippen molar-refractivity contribution in [2.24, 2.45) is 0 Å². The minimum Gasteiger partial charge on any atom is -0.309 e. The number of hydrogen-bond acceptors (Lipinski definition) is 5. The average molecular weight is 763 g/mol. The summed E-state index contributed by atoms with van der Waals surface area (Å²) in [6.45, 7) is 0. The zero-order valence-electron chi connectivity index (χ0n) is 30.4. The van der Waals surface area contributed by atoms with Crippen LogP contribution in [0.5, 0.6) is 0 Å². The number of thiophene rings is 2. The number of aromatic nitrogens is 4. The lowest BCUT2D eigenvalue weighted by atomic mass is 10.0. The minimum atomic E-state index is 0.635. The van der Waals surface area contributed by atoms with E-state index in [9.17, 15) is 0 Å². The molecule has 0 spiro atoms. The van der Waals surface area contributed by atoms with E-state index in [-0.39, 0.29) is 0 Å². The molecular weight excluding hydrogens is 733 g/mol. The fourth-order valence-corrected chi connectivity index (χ4v) is 10.6. The molecule has 0 unspecified atom stereocenters. The monoisotopic (exact) mass is 762 g/mol. The van der Waals surface area contributed by atoms with Gasteiger partial charge in [-0.3, -0.25) is 0 Å². The predicted octanol–water partition coefficient (Wildman–Crippen LogP) is 14.4. The molecule has 0 bridgehead atoms. The van der Waals surface area contributed by atoms with Crippen LogP contribution in [0.4, 0.5) is 0 Å². The summed E-state index contributed by atoms with van der Waals surface area (Å²) in [4.78, 5) is 15.7. The Morgan fingerprint density at radius 3 is 1.61 bits per heavy atom. The van der Waals surface area contributed by atoms with E-state index in [0.717, 1.165) is 33.4 Å². The highest BCUT2D eigenvalue weighted by molar-refractivity contribution is 7.26. The van der Waals surface area contributed by atoms with E-state index in [1.54, 1.807) is 11.3 Å². The van der Waals surface area contributed by atoms with Crippen LogP contribution in [0, 0.1) is 0 Å². The van der Waals surface area contributed by atoms with E-state index in [1.807, 2.05) is 11.3 Å². The molecule has 4 aromatic heterocycles. The molecule has 0 atom stereocenters.